The van der Waals surface area contributed by atoms with E-state index in [1.54, 1.807) is 7.11 Å². The molecule has 3 aromatic carbocycles. The minimum atomic E-state index is -1.26. The second-order valence-electron chi connectivity index (χ2n) is 10.8. The van der Waals surface area contributed by atoms with E-state index >= 15 is 0 Å². The fraction of sp³-hybridized carbons (Fsp3) is 0.364. The first-order valence-electron chi connectivity index (χ1n) is 13.4. The van der Waals surface area contributed by atoms with Crippen molar-refractivity contribution in [3.05, 3.63) is 107 Å². The first-order valence-corrected chi connectivity index (χ1v) is 13.4. The summed E-state index contributed by atoms with van der Waals surface area (Å²) in [6.07, 6.45) is 6.26. The summed E-state index contributed by atoms with van der Waals surface area (Å²) in [4.78, 5) is 14.7. The SMILES string of the molecule is COc1ccc(C2C3CCCCC3(O)OC(c3ccccc3)C23CC/C(=C\c2ccccc2)C3=O)cc1. The molecule has 3 fully saturated rings. The number of hydrogen-bond acceptors (Lipinski definition) is 4. The van der Waals surface area contributed by atoms with E-state index in [1.165, 1.54) is 0 Å². The van der Waals surface area contributed by atoms with E-state index in [1.807, 2.05) is 78.9 Å². The van der Waals surface area contributed by atoms with E-state index in [0.717, 1.165) is 47.3 Å². The molecular formula is C33H34O4. The molecule has 4 heteroatoms. The molecule has 2 saturated carbocycles. The van der Waals surface area contributed by atoms with Crippen LogP contribution in [0.3, 0.4) is 0 Å². The van der Waals surface area contributed by atoms with Gasteiger partial charge in [0.15, 0.2) is 11.6 Å². The number of allylic oxidation sites excluding steroid dienone is 1. The van der Waals surface area contributed by atoms with Crippen LogP contribution in [-0.4, -0.2) is 23.8 Å². The Bertz CT molecular complexity index is 1280. The van der Waals surface area contributed by atoms with Gasteiger partial charge >= 0.3 is 0 Å². The van der Waals surface area contributed by atoms with Crippen LogP contribution in [0.15, 0.2) is 90.5 Å². The lowest BCUT2D eigenvalue weighted by molar-refractivity contribution is -0.330. The van der Waals surface area contributed by atoms with Gasteiger partial charge in [0.25, 0.3) is 0 Å². The van der Waals surface area contributed by atoms with Crippen molar-refractivity contribution < 1.29 is 19.4 Å². The summed E-state index contributed by atoms with van der Waals surface area (Å²) in [5, 5.41) is 12.0. The van der Waals surface area contributed by atoms with Crippen molar-refractivity contribution in [2.75, 3.05) is 7.11 Å². The lowest BCUT2D eigenvalue weighted by Crippen LogP contribution is -2.59. The summed E-state index contributed by atoms with van der Waals surface area (Å²) in [5.41, 5.74) is 3.10. The molecule has 0 amide bonds. The van der Waals surface area contributed by atoms with E-state index in [9.17, 15) is 9.90 Å². The highest BCUT2D eigenvalue weighted by Crippen LogP contribution is 2.67. The number of hydrogen-bond donors (Lipinski definition) is 1. The Morgan fingerprint density at radius 1 is 0.892 bits per heavy atom. The average molecular weight is 495 g/mol. The number of methoxy groups -OCH3 is 1. The zero-order valence-electron chi connectivity index (χ0n) is 21.3. The van der Waals surface area contributed by atoms with Crippen LogP contribution in [0.2, 0.25) is 0 Å². The molecule has 1 aliphatic heterocycles. The van der Waals surface area contributed by atoms with Gasteiger partial charge in [-0.15, -0.1) is 0 Å². The summed E-state index contributed by atoms with van der Waals surface area (Å²) in [5.74, 6) is -0.656. The summed E-state index contributed by atoms with van der Waals surface area (Å²) in [7, 11) is 1.66. The highest BCUT2D eigenvalue weighted by Gasteiger charge is 2.66. The molecule has 5 unspecified atom stereocenters. The molecule has 1 spiro atoms. The second kappa shape index (κ2) is 9.59. The molecule has 1 heterocycles. The van der Waals surface area contributed by atoms with Crippen molar-refractivity contribution in [1.82, 2.24) is 0 Å². The van der Waals surface area contributed by atoms with Crippen LogP contribution in [0, 0.1) is 11.3 Å². The van der Waals surface area contributed by atoms with E-state index in [0.29, 0.717) is 19.3 Å². The molecule has 1 saturated heterocycles. The highest BCUT2D eigenvalue weighted by molar-refractivity contribution is 6.07. The summed E-state index contributed by atoms with van der Waals surface area (Å²) in [6.45, 7) is 0. The highest BCUT2D eigenvalue weighted by atomic mass is 16.6. The topological polar surface area (TPSA) is 55.8 Å². The van der Waals surface area contributed by atoms with Gasteiger partial charge in [-0.05, 0) is 66.2 Å². The molecular weight excluding hydrogens is 460 g/mol. The second-order valence-corrected chi connectivity index (χ2v) is 10.8. The number of ketones is 1. The van der Waals surface area contributed by atoms with Crippen LogP contribution in [0.4, 0.5) is 0 Å². The van der Waals surface area contributed by atoms with E-state index < -0.39 is 17.3 Å². The quantitative estimate of drug-likeness (QED) is 0.403. The largest absolute Gasteiger partial charge is 0.497 e. The summed E-state index contributed by atoms with van der Waals surface area (Å²) >= 11 is 0. The van der Waals surface area contributed by atoms with Crippen molar-refractivity contribution >= 4 is 11.9 Å². The molecule has 190 valence electrons. The lowest BCUT2D eigenvalue weighted by atomic mass is 9.55. The average Bonchev–Trinajstić information content (AvgIpc) is 3.25. The molecule has 3 aromatic rings. The fourth-order valence-corrected chi connectivity index (χ4v) is 7.20. The number of ether oxygens (including phenoxy) is 2. The number of benzene rings is 3. The molecule has 5 atom stereocenters. The first-order chi connectivity index (χ1) is 18.0. The van der Waals surface area contributed by atoms with E-state index in [4.69, 9.17) is 9.47 Å². The van der Waals surface area contributed by atoms with Crippen molar-refractivity contribution in [3.8, 4) is 5.75 Å². The van der Waals surface area contributed by atoms with E-state index in [-0.39, 0.29) is 17.6 Å². The number of carbonyl (C=O) groups is 1. The molecule has 2 aliphatic carbocycles. The molecule has 4 nitrogen and oxygen atoms in total. The van der Waals surface area contributed by atoms with Crippen LogP contribution >= 0.6 is 0 Å². The smallest absolute Gasteiger partial charge is 0.169 e. The van der Waals surface area contributed by atoms with Gasteiger partial charge in [-0.3, -0.25) is 4.79 Å². The van der Waals surface area contributed by atoms with Crippen molar-refractivity contribution in [2.45, 2.75) is 56.3 Å². The van der Waals surface area contributed by atoms with Gasteiger partial charge < -0.3 is 14.6 Å². The van der Waals surface area contributed by atoms with Crippen molar-refractivity contribution in [2.24, 2.45) is 11.3 Å². The number of fused-ring (bicyclic) bond motifs is 1. The maximum Gasteiger partial charge on any atom is 0.169 e. The number of Topliss-reactive ketones (excluding diaryl/α,β-unsaturated/α-hetero) is 1. The number of aliphatic hydroxyl groups is 1. The zero-order valence-corrected chi connectivity index (χ0v) is 21.3. The van der Waals surface area contributed by atoms with Gasteiger partial charge in [-0.1, -0.05) is 79.2 Å². The number of carbonyl (C=O) groups excluding carboxylic acids is 1. The Balaban J connectivity index is 1.55. The minimum Gasteiger partial charge on any atom is -0.497 e. The lowest BCUT2D eigenvalue weighted by Gasteiger charge is -2.58. The van der Waals surface area contributed by atoms with Gasteiger partial charge in [0.05, 0.1) is 18.6 Å². The van der Waals surface area contributed by atoms with Crippen molar-refractivity contribution in [3.63, 3.8) is 0 Å². The predicted octanol–water partition coefficient (Wildman–Crippen LogP) is 6.86. The standard InChI is InChI=1S/C33H34O4/c1-36-27-17-15-24(16-18-27)29-28-14-8-9-20-33(28,35)37-31(25-12-6-3-7-13-25)32(29)21-19-26(30(32)34)22-23-10-4-2-5-11-23/h2-7,10-13,15-18,22,28-29,31,35H,8-9,14,19-21H2,1H3/b26-22+. The zero-order chi connectivity index (χ0) is 25.5. The molecule has 3 aliphatic rings. The van der Waals surface area contributed by atoms with Crippen LogP contribution < -0.4 is 4.74 Å². The maximum atomic E-state index is 14.7. The molecule has 1 N–H and O–H groups in total. The molecule has 0 aromatic heterocycles. The Morgan fingerprint density at radius 3 is 2.30 bits per heavy atom. The van der Waals surface area contributed by atoms with Gasteiger partial charge in [0.2, 0.25) is 0 Å². The van der Waals surface area contributed by atoms with E-state index in [2.05, 4.69) is 12.1 Å². The van der Waals surface area contributed by atoms with Gasteiger partial charge in [0, 0.05) is 18.3 Å². The molecule has 0 radical (unpaired) electrons. The Labute approximate surface area is 218 Å². The molecule has 37 heavy (non-hydrogen) atoms. The monoisotopic (exact) mass is 494 g/mol. The predicted molar refractivity (Wildman–Crippen MR) is 144 cm³/mol. The summed E-state index contributed by atoms with van der Waals surface area (Å²) < 4.78 is 12.2. The molecule has 0 bridgehead atoms. The Kier molecular flexibility index (Phi) is 6.26. The fourth-order valence-electron chi connectivity index (χ4n) is 7.20. The van der Waals surface area contributed by atoms with Crippen LogP contribution in [-0.2, 0) is 9.53 Å². The van der Waals surface area contributed by atoms with Crippen LogP contribution in [0.5, 0.6) is 5.75 Å². The van der Waals surface area contributed by atoms with Gasteiger partial charge in [-0.25, -0.2) is 0 Å². The van der Waals surface area contributed by atoms with Crippen molar-refractivity contribution in [1.29, 1.82) is 0 Å². The van der Waals surface area contributed by atoms with Gasteiger partial charge in [0.1, 0.15) is 5.75 Å². The van der Waals surface area contributed by atoms with Crippen LogP contribution in [0.1, 0.15) is 67.2 Å². The minimum absolute atomic E-state index is 0.152. The summed E-state index contributed by atoms with van der Waals surface area (Å²) in [6, 6.07) is 28.2. The Hall–Kier alpha value is -3.21. The Morgan fingerprint density at radius 2 is 1.59 bits per heavy atom. The molecule has 6 rings (SSSR count). The first kappa shape index (κ1) is 24.1. The van der Waals surface area contributed by atoms with Gasteiger partial charge in [-0.2, -0.15) is 0 Å². The maximum absolute atomic E-state index is 14.7. The third-order valence-electron chi connectivity index (χ3n) is 8.87. The third kappa shape index (κ3) is 4.03. The van der Waals surface area contributed by atoms with Crippen LogP contribution in [0.25, 0.3) is 6.08 Å². The third-order valence-corrected chi connectivity index (χ3v) is 8.87. The number of rotatable bonds is 4. The normalized spacial score (nSPS) is 32.4.